The molecule has 0 atom stereocenters. The van der Waals surface area contributed by atoms with Crippen LogP contribution in [0.15, 0.2) is 36.6 Å². The van der Waals surface area contributed by atoms with E-state index in [4.69, 9.17) is 9.47 Å². The molecule has 0 unspecified atom stereocenters. The molecule has 0 saturated carbocycles. The summed E-state index contributed by atoms with van der Waals surface area (Å²) in [5, 5.41) is 0. The number of carbonyl (C=O) groups excluding carboxylic acids is 2. The summed E-state index contributed by atoms with van der Waals surface area (Å²) >= 11 is 0. The van der Waals surface area contributed by atoms with E-state index in [1.807, 2.05) is 12.2 Å². The Balaban J connectivity index is 0. The highest BCUT2D eigenvalue weighted by molar-refractivity contribution is 5.66. The summed E-state index contributed by atoms with van der Waals surface area (Å²) in [6.45, 7) is 7.62. The molecule has 0 aliphatic carbocycles. The number of rotatable bonds is 24. The van der Waals surface area contributed by atoms with Gasteiger partial charge in [0, 0.05) is 13.8 Å². The molecule has 0 amide bonds. The fourth-order valence-electron chi connectivity index (χ4n) is 3.89. The average molecular weight is 521 g/mol. The Hall–Kier alpha value is -1.84. The van der Waals surface area contributed by atoms with E-state index in [0.717, 1.165) is 12.8 Å². The third-order valence-electron chi connectivity index (χ3n) is 6.08. The summed E-state index contributed by atoms with van der Waals surface area (Å²) in [7, 11) is 0. The SMILES string of the molecule is C/C=C/CCCCCCCCCCC/C=C\OC(C)=O.CCCCCCCCCC/C=C/COC(C)=O. The molecule has 0 spiro atoms. The van der Waals surface area contributed by atoms with Crippen molar-refractivity contribution in [1.82, 2.24) is 0 Å². The molecule has 4 heteroatoms. The molecule has 0 heterocycles. The van der Waals surface area contributed by atoms with Gasteiger partial charge in [0.05, 0.1) is 6.26 Å². The lowest BCUT2D eigenvalue weighted by molar-refractivity contribution is -0.139. The molecule has 216 valence electrons. The molecule has 0 aliphatic rings. The number of unbranched alkanes of at least 4 members (excludes halogenated alkanes) is 18. The summed E-state index contributed by atoms with van der Waals surface area (Å²) in [5.41, 5.74) is 0. The smallest absolute Gasteiger partial charge is 0.307 e. The van der Waals surface area contributed by atoms with E-state index in [0.29, 0.717) is 6.61 Å². The summed E-state index contributed by atoms with van der Waals surface area (Å²) in [6.07, 6.45) is 38.2. The molecule has 0 rings (SSSR count). The summed E-state index contributed by atoms with van der Waals surface area (Å²) in [6, 6.07) is 0. The lowest BCUT2D eigenvalue weighted by Gasteiger charge is -2.01. The van der Waals surface area contributed by atoms with Crippen molar-refractivity contribution in [3.05, 3.63) is 36.6 Å². The Bertz CT molecular complexity index is 563. The molecule has 4 nitrogen and oxygen atoms in total. The van der Waals surface area contributed by atoms with Gasteiger partial charge in [0.15, 0.2) is 0 Å². The van der Waals surface area contributed by atoms with Crippen LogP contribution in [-0.4, -0.2) is 18.5 Å². The van der Waals surface area contributed by atoms with Crippen LogP contribution in [0, 0.1) is 0 Å². The average Bonchev–Trinajstić information content (AvgIpc) is 2.87. The molecule has 0 aromatic carbocycles. The zero-order valence-electron chi connectivity index (χ0n) is 24.9. The Kier molecular flexibility index (Phi) is 34.4. The number of ether oxygens (including phenoxy) is 2. The lowest BCUT2D eigenvalue weighted by Crippen LogP contribution is -1.97. The van der Waals surface area contributed by atoms with Gasteiger partial charge in [-0.15, -0.1) is 0 Å². The van der Waals surface area contributed by atoms with E-state index in [1.54, 1.807) is 0 Å². The highest BCUT2D eigenvalue weighted by Crippen LogP contribution is 2.12. The van der Waals surface area contributed by atoms with Crippen LogP contribution in [0.5, 0.6) is 0 Å². The van der Waals surface area contributed by atoms with Gasteiger partial charge in [-0.3, -0.25) is 9.59 Å². The van der Waals surface area contributed by atoms with Crippen molar-refractivity contribution in [2.75, 3.05) is 6.61 Å². The van der Waals surface area contributed by atoms with Gasteiger partial charge in [-0.05, 0) is 51.5 Å². The van der Waals surface area contributed by atoms with Crippen molar-refractivity contribution >= 4 is 11.9 Å². The predicted octanol–water partition coefficient (Wildman–Crippen LogP) is 10.6. The quantitative estimate of drug-likeness (QED) is 0.0549. The largest absolute Gasteiger partial charge is 0.462 e. The highest BCUT2D eigenvalue weighted by atomic mass is 16.5. The summed E-state index contributed by atoms with van der Waals surface area (Å²) < 4.78 is 9.52. The Morgan fingerprint density at radius 3 is 1.41 bits per heavy atom. The molecule has 0 aliphatic heterocycles. The van der Waals surface area contributed by atoms with Crippen LogP contribution in [0.1, 0.15) is 156 Å². The number of carbonyl (C=O) groups is 2. The first-order valence-corrected chi connectivity index (χ1v) is 15.3. The van der Waals surface area contributed by atoms with Gasteiger partial charge in [-0.25, -0.2) is 0 Å². The van der Waals surface area contributed by atoms with Crippen LogP contribution in [0.4, 0.5) is 0 Å². The molecule has 0 aromatic rings. The number of allylic oxidation sites excluding steroid dienone is 4. The van der Waals surface area contributed by atoms with Gasteiger partial charge in [0.25, 0.3) is 0 Å². The Morgan fingerprint density at radius 2 is 0.973 bits per heavy atom. The Labute approximate surface area is 230 Å². The zero-order chi connectivity index (χ0) is 27.7. The van der Waals surface area contributed by atoms with E-state index in [1.165, 1.54) is 136 Å². The first kappa shape index (κ1) is 37.3. The van der Waals surface area contributed by atoms with E-state index >= 15 is 0 Å². The third kappa shape index (κ3) is 41.6. The first-order valence-electron chi connectivity index (χ1n) is 15.3. The highest BCUT2D eigenvalue weighted by Gasteiger charge is 1.93. The van der Waals surface area contributed by atoms with Gasteiger partial charge in [-0.1, -0.05) is 121 Å². The Morgan fingerprint density at radius 1 is 0.541 bits per heavy atom. The fraction of sp³-hybridized carbons (Fsp3) is 0.758. The van der Waals surface area contributed by atoms with E-state index in [-0.39, 0.29) is 11.9 Å². The zero-order valence-corrected chi connectivity index (χ0v) is 24.9. The van der Waals surface area contributed by atoms with E-state index in [2.05, 4.69) is 32.1 Å². The maximum Gasteiger partial charge on any atom is 0.307 e. The minimum Gasteiger partial charge on any atom is -0.462 e. The van der Waals surface area contributed by atoms with Crippen LogP contribution in [0.25, 0.3) is 0 Å². The molecule has 0 fully saturated rings. The molecule has 0 N–H and O–H groups in total. The predicted molar refractivity (Wildman–Crippen MR) is 160 cm³/mol. The van der Waals surface area contributed by atoms with Gasteiger partial charge in [0.2, 0.25) is 0 Å². The second-order valence-electron chi connectivity index (χ2n) is 9.85. The molecular weight excluding hydrogens is 460 g/mol. The normalized spacial score (nSPS) is 11.2. The second-order valence-corrected chi connectivity index (χ2v) is 9.85. The van der Waals surface area contributed by atoms with Crippen molar-refractivity contribution in [3.8, 4) is 0 Å². The fourth-order valence-corrected chi connectivity index (χ4v) is 3.89. The number of esters is 2. The van der Waals surface area contributed by atoms with Gasteiger partial charge in [-0.2, -0.15) is 0 Å². The van der Waals surface area contributed by atoms with Crippen molar-refractivity contribution in [1.29, 1.82) is 0 Å². The van der Waals surface area contributed by atoms with E-state index in [9.17, 15) is 9.59 Å². The van der Waals surface area contributed by atoms with Crippen LogP contribution < -0.4 is 0 Å². The number of hydrogen-bond acceptors (Lipinski definition) is 4. The number of hydrogen-bond donors (Lipinski definition) is 0. The van der Waals surface area contributed by atoms with Crippen LogP contribution in [0.3, 0.4) is 0 Å². The van der Waals surface area contributed by atoms with Crippen molar-refractivity contribution in [3.63, 3.8) is 0 Å². The first-order chi connectivity index (χ1) is 18.0. The van der Waals surface area contributed by atoms with Crippen LogP contribution in [-0.2, 0) is 19.1 Å². The molecular formula is C33H60O4. The van der Waals surface area contributed by atoms with Crippen molar-refractivity contribution in [2.45, 2.75) is 156 Å². The second kappa shape index (κ2) is 34.2. The topological polar surface area (TPSA) is 52.6 Å². The third-order valence-corrected chi connectivity index (χ3v) is 6.08. The van der Waals surface area contributed by atoms with Gasteiger partial charge < -0.3 is 9.47 Å². The molecule has 0 saturated heterocycles. The monoisotopic (exact) mass is 520 g/mol. The summed E-state index contributed by atoms with van der Waals surface area (Å²) in [4.78, 5) is 21.0. The lowest BCUT2D eigenvalue weighted by atomic mass is 10.1. The standard InChI is InChI=1S/C18H32O2.C15H28O2/c1-3-4-5-6-7-8-9-10-11-12-13-14-15-16-17-20-18(2)19;1-3-4-5-6-7-8-9-10-11-12-13-14-17-15(2)16/h3-4,16-17H,5-15H2,1-2H3;12-13H,3-11,14H2,1-2H3/b4-3+,17-16-;13-12+. The molecule has 0 bridgehead atoms. The van der Waals surface area contributed by atoms with Crippen molar-refractivity contribution in [2.24, 2.45) is 0 Å². The van der Waals surface area contributed by atoms with E-state index < -0.39 is 0 Å². The van der Waals surface area contributed by atoms with Crippen molar-refractivity contribution < 1.29 is 19.1 Å². The molecule has 37 heavy (non-hydrogen) atoms. The maximum atomic E-state index is 10.5. The van der Waals surface area contributed by atoms with Crippen LogP contribution >= 0.6 is 0 Å². The van der Waals surface area contributed by atoms with Crippen LogP contribution in [0.2, 0.25) is 0 Å². The van der Waals surface area contributed by atoms with Gasteiger partial charge in [0.1, 0.15) is 6.61 Å². The maximum absolute atomic E-state index is 10.5. The molecule has 0 aromatic heterocycles. The summed E-state index contributed by atoms with van der Waals surface area (Å²) in [5.74, 6) is -0.450. The minimum atomic E-state index is -0.244. The van der Waals surface area contributed by atoms with Gasteiger partial charge >= 0.3 is 11.9 Å². The molecule has 0 radical (unpaired) electrons. The minimum absolute atomic E-state index is 0.207.